The summed E-state index contributed by atoms with van der Waals surface area (Å²) in [4.78, 5) is 17.0. The van der Waals surface area contributed by atoms with Crippen molar-refractivity contribution < 1.29 is 9.53 Å². The fourth-order valence-electron chi connectivity index (χ4n) is 3.28. The van der Waals surface area contributed by atoms with Crippen LogP contribution in [0.1, 0.15) is 12.8 Å². The quantitative estimate of drug-likeness (QED) is 0.910. The van der Waals surface area contributed by atoms with Gasteiger partial charge in [-0.2, -0.15) is 0 Å². The van der Waals surface area contributed by atoms with Gasteiger partial charge in [-0.15, -0.1) is 0 Å². The fraction of sp³-hybridized carbons (Fsp3) is 0.562. The molecule has 5 nitrogen and oxygen atoms in total. The molecule has 2 aliphatic heterocycles. The molecule has 1 unspecified atom stereocenters. The van der Waals surface area contributed by atoms with Gasteiger partial charge in [0, 0.05) is 31.4 Å². The van der Waals surface area contributed by atoms with Crippen molar-refractivity contribution in [1.29, 1.82) is 0 Å². The maximum absolute atomic E-state index is 12.1. The van der Waals surface area contributed by atoms with Gasteiger partial charge in [-0.1, -0.05) is 0 Å². The van der Waals surface area contributed by atoms with Gasteiger partial charge in [0.1, 0.15) is 5.75 Å². The molecule has 0 bridgehead atoms. The summed E-state index contributed by atoms with van der Waals surface area (Å²) in [6.45, 7) is 4.83. The zero-order chi connectivity index (χ0) is 14.7. The maximum atomic E-state index is 12.1. The zero-order valence-electron chi connectivity index (χ0n) is 12.5. The van der Waals surface area contributed by atoms with Gasteiger partial charge < -0.3 is 10.1 Å². The molecule has 1 aromatic carbocycles. The first-order valence-corrected chi connectivity index (χ1v) is 7.65. The molecule has 2 heterocycles. The number of benzene rings is 1. The van der Waals surface area contributed by atoms with Gasteiger partial charge in [-0.25, -0.2) is 0 Å². The van der Waals surface area contributed by atoms with Crippen molar-refractivity contribution in [2.75, 3.05) is 45.2 Å². The first-order chi connectivity index (χ1) is 10.2. The van der Waals surface area contributed by atoms with Gasteiger partial charge in [0.2, 0.25) is 5.91 Å². The molecule has 1 aromatic rings. The lowest BCUT2D eigenvalue weighted by molar-refractivity contribution is -0.117. The molecule has 3 rings (SSSR count). The molecule has 0 radical (unpaired) electrons. The average molecular weight is 289 g/mol. The maximum Gasteiger partial charge on any atom is 0.238 e. The van der Waals surface area contributed by atoms with Crippen LogP contribution in [0.2, 0.25) is 0 Å². The van der Waals surface area contributed by atoms with E-state index in [4.69, 9.17) is 4.74 Å². The van der Waals surface area contributed by atoms with E-state index in [0.717, 1.165) is 31.1 Å². The van der Waals surface area contributed by atoms with Crippen LogP contribution >= 0.6 is 0 Å². The van der Waals surface area contributed by atoms with Gasteiger partial charge in [0.15, 0.2) is 0 Å². The predicted octanol–water partition coefficient (Wildman–Crippen LogP) is 1.41. The molecule has 5 heteroatoms. The zero-order valence-corrected chi connectivity index (χ0v) is 12.5. The standard InChI is InChI=1S/C16H23N3O2/c1-21-15-6-4-13(5-7-15)17-16(20)12-18-9-10-19-8-2-3-14(19)11-18/h4-7,14H,2-3,8-12H2,1H3,(H,17,20). The topological polar surface area (TPSA) is 44.8 Å². The molecule has 1 N–H and O–H groups in total. The number of hydrogen-bond acceptors (Lipinski definition) is 4. The molecule has 2 saturated heterocycles. The van der Waals surface area contributed by atoms with Gasteiger partial charge in [0.25, 0.3) is 0 Å². The van der Waals surface area contributed by atoms with Crippen LogP contribution < -0.4 is 10.1 Å². The molecular formula is C16H23N3O2. The Morgan fingerprint density at radius 2 is 2.10 bits per heavy atom. The molecule has 21 heavy (non-hydrogen) atoms. The Labute approximate surface area is 125 Å². The lowest BCUT2D eigenvalue weighted by Gasteiger charge is -2.37. The van der Waals surface area contributed by atoms with Crippen LogP contribution in [0.25, 0.3) is 0 Å². The smallest absolute Gasteiger partial charge is 0.238 e. The van der Waals surface area contributed by atoms with E-state index >= 15 is 0 Å². The number of nitrogens with one attached hydrogen (secondary N) is 1. The van der Waals surface area contributed by atoms with Crippen molar-refractivity contribution in [1.82, 2.24) is 9.80 Å². The summed E-state index contributed by atoms with van der Waals surface area (Å²) >= 11 is 0. The third-order valence-electron chi connectivity index (χ3n) is 4.41. The molecule has 114 valence electrons. The van der Waals surface area contributed by atoms with Crippen molar-refractivity contribution in [2.45, 2.75) is 18.9 Å². The number of hydrogen-bond donors (Lipinski definition) is 1. The van der Waals surface area contributed by atoms with Crippen LogP contribution in [0, 0.1) is 0 Å². The molecule has 0 aliphatic carbocycles. The number of anilines is 1. The van der Waals surface area contributed by atoms with E-state index in [9.17, 15) is 4.79 Å². The van der Waals surface area contributed by atoms with Crippen LogP contribution in [0.4, 0.5) is 5.69 Å². The highest BCUT2D eigenvalue weighted by molar-refractivity contribution is 5.92. The Balaban J connectivity index is 1.49. The Morgan fingerprint density at radius 1 is 1.29 bits per heavy atom. The Bertz CT molecular complexity index is 489. The Hall–Kier alpha value is -1.59. The van der Waals surface area contributed by atoms with Crippen molar-refractivity contribution in [2.24, 2.45) is 0 Å². The van der Waals surface area contributed by atoms with E-state index in [1.807, 2.05) is 24.3 Å². The molecule has 1 atom stereocenters. The number of carbonyl (C=O) groups is 1. The van der Waals surface area contributed by atoms with E-state index in [1.54, 1.807) is 7.11 Å². The van der Waals surface area contributed by atoms with Crippen LogP contribution in [0.15, 0.2) is 24.3 Å². The summed E-state index contributed by atoms with van der Waals surface area (Å²) in [6.07, 6.45) is 2.58. The Morgan fingerprint density at radius 3 is 2.86 bits per heavy atom. The van der Waals surface area contributed by atoms with Gasteiger partial charge in [0.05, 0.1) is 13.7 Å². The fourth-order valence-corrected chi connectivity index (χ4v) is 3.28. The van der Waals surface area contributed by atoms with Crippen LogP contribution in [-0.2, 0) is 4.79 Å². The lowest BCUT2D eigenvalue weighted by Crippen LogP contribution is -2.51. The van der Waals surface area contributed by atoms with E-state index in [1.165, 1.54) is 19.4 Å². The molecular weight excluding hydrogens is 266 g/mol. The summed E-state index contributed by atoms with van der Waals surface area (Å²) in [6, 6.07) is 8.10. The summed E-state index contributed by atoms with van der Waals surface area (Å²) in [7, 11) is 1.64. The van der Waals surface area contributed by atoms with E-state index in [-0.39, 0.29) is 5.91 Å². The third-order valence-corrected chi connectivity index (χ3v) is 4.41. The molecule has 0 spiro atoms. The number of rotatable bonds is 4. The number of piperazine rings is 1. The lowest BCUT2D eigenvalue weighted by atomic mass is 10.1. The highest BCUT2D eigenvalue weighted by Gasteiger charge is 2.30. The van der Waals surface area contributed by atoms with Crippen LogP contribution in [0.5, 0.6) is 5.75 Å². The summed E-state index contributed by atoms with van der Waals surface area (Å²) in [5, 5.41) is 2.95. The van der Waals surface area contributed by atoms with E-state index in [2.05, 4.69) is 15.1 Å². The normalized spacial score (nSPS) is 22.8. The number of ether oxygens (including phenoxy) is 1. The largest absolute Gasteiger partial charge is 0.497 e. The molecule has 2 aliphatic rings. The molecule has 0 saturated carbocycles. The second-order valence-corrected chi connectivity index (χ2v) is 5.84. The first kappa shape index (κ1) is 14.4. The van der Waals surface area contributed by atoms with Crippen molar-refractivity contribution in [3.63, 3.8) is 0 Å². The molecule has 2 fully saturated rings. The summed E-state index contributed by atoms with van der Waals surface area (Å²) in [5.41, 5.74) is 0.820. The van der Waals surface area contributed by atoms with Gasteiger partial charge >= 0.3 is 0 Å². The highest BCUT2D eigenvalue weighted by Crippen LogP contribution is 2.21. The van der Waals surface area contributed by atoms with Crippen molar-refractivity contribution in [3.8, 4) is 5.75 Å². The average Bonchev–Trinajstić information content (AvgIpc) is 2.95. The number of nitrogens with zero attached hydrogens (tertiary/aromatic N) is 2. The van der Waals surface area contributed by atoms with Crippen LogP contribution in [-0.4, -0.2) is 61.6 Å². The number of methoxy groups -OCH3 is 1. The second kappa shape index (κ2) is 6.45. The third kappa shape index (κ3) is 3.54. The van der Waals surface area contributed by atoms with E-state index < -0.39 is 0 Å². The van der Waals surface area contributed by atoms with Crippen LogP contribution in [0.3, 0.4) is 0 Å². The van der Waals surface area contributed by atoms with Gasteiger partial charge in [-0.05, 0) is 43.7 Å². The van der Waals surface area contributed by atoms with E-state index in [0.29, 0.717) is 12.6 Å². The molecule has 0 aromatic heterocycles. The highest BCUT2D eigenvalue weighted by atomic mass is 16.5. The summed E-state index contributed by atoms with van der Waals surface area (Å²) in [5.74, 6) is 0.858. The van der Waals surface area contributed by atoms with Gasteiger partial charge in [-0.3, -0.25) is 14.6 Å². The number of carbonyl (C=O) groups excluding carboxylic acids is 1. The summed E-state index contributed by atoms with van der Waals surface area (Å²) < 4.78 is 5.11. The minimum absolute atomic E-state index is 0.0617. The number of fused-ring (bicyclic) bond motifs is 1. The molecule has 1 amide bonds. The Kier molecular flexibility index (Phi) is 4.41. The first-order valence-electron chi connectivity index (χ1n) is 7.65. The minimum Gasteiger partial charge on any atom is -0.497 e. The van der Waals surface area contributed by atoms with Crippen molar-refractivity contribution >= 4 is 11.6 Å². The van der Waals surface area contributed by atoms with Crippen molar-refractivity contribution in [3.05, 3.63) is 24.3 Å². The monoisotopic (exact) mass is 289 g/mol. The number of amides is 1. The second-order valence-electron chi connectivity index (χ2n) is 5.84. The predicted molar refractivity (Wildman–Crippen MR) is 82.7 cm³/mol. The minimum atomic E-state index is 0.0617. The SMILES string of the molecule is COc1ccc(NC(=O)CN2CCN3CCCC3C2)cc1.